The molecule has 0 aliphatic carbocycles. The van der Waals surface area contributed by atoms with Crippen LogP contribution in [0.3, 0.4) is 0 Å². The van der Waals surface area contributed by atoms with Crippen LogP contribution >= 0.6 is 11.6 Å². The Kier molecular flexibility index (Phi) is 5.32. The summed E-state index contributed by atoms with van der Waals surface area (Å²) < 4.78 is 20.2. The van der Waals surface area contributed by atoms with Crippen LogP contribution in [-0.2, 0) is 16.0 Å². The summed E-state index contributed by atoms with van der Waals surface area (Å²) in [6.07, 6.45) is 4.15. The van der Waals surface area contributed by atoms with Crippen molar-refractivity contribution < 1.29 is 14.2 Å². The second-order valence-corrected chi connectivity index (χ2v) is 7.37. The van der Waals surface area contributed by atoms with E-state index in [2.05, 4.69) is 30.9 Å². The highest BCUT2D eigenvalue weighted by Crippen LogP contribution is 2.42. The predicted molar refractivity (Wildman–Crippen MR) is 94.6 cm³/mol. The lowest BCUT2D eigenvalue weighted by Gasteiger charge is -2.41. The molecule has 1 fully saturated rings. The van der Waals surface area contributed by atoms with Gasteiger partial charge in [0.15, 0.2) is 5.79 Å². The van der Waals surface area contributed by atoms with Crippen LogP contribution in [0.5, 0.6) is 5.75 Å². The van der Waals surface area contributed by atoms with E-state index in [1.165, 1.54) is 6.33 Å². The standard InChI is InChI=1S/C18H24ClN3O3/c1-4-15-9-24-18(25-15,10-22-13-20-12-21-22)17(2,3)11-23-16-7-5-14(19)6-8-16/h5-8,12-13,15H,4,9-11H2,1-3H3. The fourth-order valence-electron chi connectivity index (χ4n) is 2.85. The molecule has 0 bridgehead atoms. The predicted octanol–water partition coefficient (Wildman–Crippen LogP) is 3.56. The molecule has 25 heavy (non-hydrogen) atoms. The van der Waals surface area contributed by atoms with Crippen LogP contribution in [0.4, 0.5) is 0 Å². The molecule has 0 N–H and O–H groups in total. The summed E-state index contributed by atoms with van der Waals surface area (Å²) in [5.41, 5.74) is -0.414. The largest absolute Gasteiger partial charge is 0.493 e. The lowest BCUT2D eigenvalue weighted by Crippen LogP contribution is -2.52. The fourth-order valence-corrected chi connectivity index (χ4v) is 2.98. The van der Waals surface area contributed by atoms with Gasteiger partial charge < -0.3 is 14.2 Å². The van der Waals surface area contributed by atoms with E-state index in [0.29, 0.717) is 24.8 Å². The molecule has 2 unspecified atom stereocenters. The van der Waals surface area contributed by atoms with E-state index >= 15 is 0 Å². The van der Waals surface area contributed by atoms with Gasteiger partial charge in [-0.1, -0.05) is 32.4 Å². The minimum absolute atomic E-state index is 0.0679. The maximum atomic E-state index is 6.33. The van der Waals surface area contributed by atoms with Crippen LogP contribution in [0.2, 0.25) is 5.02 Å². The van der Waals surface area contributed by atoms with Gasteiger partial charge in [0.2, 0.25) is 0 Å². The SMILES string of the molecule is CCC1COC(Cn2cncn2)(C(C)(C)COc2ccc(Cl)cc2)O1. The molecule has 1 aromatic carbocycles. The van der Waals surface area contributed by atoms with Gasteiger partial charge in [-0.25, -0.2) is 9.67 Å². The molecule has 2 aromatic rings. The molecule has 0 saturated carbocycles. The Morgan fingerprint density at radius 3 is 2.72 bits per heavy atom. The number of hydrogen-bond donors (Lipinski definition) is 0. The first-order chi connectivity index (χ1) is 11.9. The lowest BCUT2D eigenvalue weighted by molar-refractivity contribution is -0.252. The van der Waals surface area contributed by atoms with Gasteiger partial charge in [-0.15, -0.1) is 0 Å². The van der Waals surface area contributed by atoms with Crippen LogP contribution in [-0.4, -0.2) is 39.9 Å². The highest BCUT2D eigenvalue weighted by Gasteiger charge is 2.53. The van der Waals surface area contributed by atoms with Crippen molar-refractivity contribution in [2.45, 2.75) is 45.6 Å². The Bertz CT molecular complexity index is 675. The molecule has 2 atom stereocenters. The molecule has 0 amide bonds. The van der Waals surface area contributed by atoms with Gasteiger partial charge in [-0.05, 0) is 30.7 Å². The molecular formula is C18H24ClN3O3. The zero-order chi connectivity index (χ0) is 17.9. The molecule has 1 saturated heterocycles. The molecule has 1 aliphatic heterocycles. The third-order valence-corrected chi connectivity index (χ3v) is 4.85. The van der Waals surface area contributed by atoms with Crippen molar-refractivity contribution in [1.29, 1.82) is 0 Å². The van der Waals surface area contributed by atoms with E-state index in [9.17, 15) is 0 Å². The van der Waals surface area contributed by atoms with Crippen molar-refractivity contribution >= 4 is 11.6 Å². The first-order valence-corrected chi connectivity index (χ1v) is 8.84. The number of benzene rings is 1. The van der Waals surface area contributed by atoms with Crippen molar-refractivity contribution in [1.82, 2.24) is 14.8 Å². The number of hydrogen-bond acceptors (Lipinski definition) is 5. The van der Waals surface area contributed by atoms with Crippen LogP contribution in [0.15, 0.2) is 36.9 Å². The molecule has 7 heteroatoms. The summed E-state index contributed by atoms with van der Waals surface area (Å²) in [4.78, 5) is 4.02. The first kappa shape index (κ1) is 18.2. The third-order valence-electron chi connectivity index (χ3n) is 4.60. The normalized spacial score (nSPS) is 23.8. The topological polar surface area (TPSA) is 58.4 Å². The van der Waals surface area contributed by atoms with E-state index < -0.39 is 11.2 Å². The van der Waals surface area contributed by atoms with Gasteiger partial charge in [0.25, 0.3) is 0 Å². The minimum atomic E-state index is -0.826. The highest BCUT2D eigenvalue weighted by molar-refractivity contribution is 6.30. The van der Waals surface area contributed by atoms with Crippen LogP contribution < -0.4 is 4.74 Å². The molecule has 1 aliphatic rings. The monoisotopic (exact) mass is 365 g/mol. The fraction of sp³-hybridized carbons (Fsp3) is 0.556. The van der Waals surface area contributed by atoms with Gasteiger partial charge in [0, 0.05) is 5.02 Å². The van der Waals surface area contributed by atoms with Gasteiger partial charge in [0.05, 0.1) is 31.3 Å². The van der Waals surface area contributed by atoms with Gasteiger partial charge in [0.1, 0.15) is 18.4 Å². The Hall–Kier alpha value is -1.63. The summed E-state index contributed by atoms with van der Waals surface area (Å²) >= 11 is 5.93. The first-order valence-electron chi connectivity index (χ1n) is 8.47. The van der Waals surface area contributed by atoms with Gasteiger partial charge in [-0.2, -0.15) is 5.10 Å². The smallest absolute Gasteiger partial charge is 0.196 e. The molecule has 0 spiro atoms. The van der Waals surface area contributed by atoms with Gasteiger partial charge in [-0.3, -0.25) is 0 Å². The Balaban J connectivity index is 1.77. The molecule has 0 radical (unpaired) electrons. The molecule has 3 rings (SSSR count). The average Bonchev–Trinajstić information content (AvgIpc) is 3.25. The molecule has 2 heterocycles. The Labute approximate surface area is 153 Å². The van der Waals surface area contributed by atoms with Crippen molar-refractivity contribution in [3.05, 3.63) is 41.9 Å². The van der Waals surface area contributed by atoms with E-state index in [1.54, 1.807) is 11.0 Å². The third kappa shape index (κ3) is 3.97. The van der Waals surface area contributed by atoms with Crippen molar-refractivity contribution in [2.75, 3.05) is 13.2 Å². The molecule has 136 valence electrons. The summed E-state index contributed by atoms with van der Waals surface area (Å²) in [6, 6.07) is 7.33. The molecular weight excluding hydrogens is 342 g/mol. The van der Waals surface area contributed by atoms with Crippen LogP contribution in [0.25, 0.3) is 0 Å². The van der Waals surface area contributed by atoms with Crippen molar-refractivity contribution in [3.8, 4) is 5.75 Å². The zero-order valence-electron chi connectivity index (χ0n) is 14.8. The number of rotatable bonds is 7. The minimum Gasteiger partial charge on any atom is -0.493 e. The summed E-state index contributed by atoms with van der Waals surface area (Å²) in [7, 11) is 0. The van der Waals surface area contributed by atoms with E-state index in [1.807, 2.05) is 24.3 Å². The summed E-state index contributed by atoms with van der Waals surface area (Å²) in [5.74, 6) is -0.0632. The quantitative estimate of drug-likeness (QED) is 0.750. The zero-order valence-corrected chi connectivity index (χ0v) is 15.6. The second-order valence-electron chi connectivity index (χ2n) is 6.93. The van der Waals surface area contributed by atoms with Gasteiger partial charge >= 0.3 is 0 Å². The maximum Gasteiger partial charge on any atom is 0.196 e. The Morgan fingerprint density at radius 2 is 2.12 bits per heavy atom. The molecule has 6 nitrogen and oxygen atoms in total. The van der Waals surface area contributed by atoms with Crippen molar-refractivity contribution in [2.24, 2.45) is 5.41 Å². The summed E-state index contributed by atoms with van der Waals surface area (Å²) in [5, 5.41) is 4.89. The van der Waals surface area contributed by atoms with E-state index in [-0.39, 0.29) is 6.10 Å². The second kappa shape index (κ2) is 7.32. The maximum absolute atomic E-state index is 6.33. The van der Waals surface area contributed by atoms with Crippen molar-refractivity contribution in [3.63, 3.8) is 0 Å². The average molecular weight is 366 g/mol. The number of halogens is 1. The van der Waals surface area contributed by atoms with E-state index in [4.69, 9.17) is 25.8 Å². The van der Waals surface area contributed by atoms with E-state index in [0.717, 1.165) is 12.2 Å². The number of aromatic nitrogens is 3. The number of nitrogens with zero attached hydrogens (tertiary/aromatic N) is 3. The Morgan fingerprint density at radius 1 is 1.36 bits per heavy atom. The number of ether oxygens (including phenoxy) is 3. The summed E-state index contributed by atoms with van der Waals surface area (Å²) in [6.45, 7) is 7.71. The van der Waals surface area contributed by atoms with Crippen LogP contribution in [0.1, 0.15) is 27.2 Å². The highest BCUT2D eigenvalue weighted by atomic mass is 35.5. The lowest BCUT2D eigenvalue weighted by atomic mass is 9.83. The van der Waals surface area contributed by atoms with Crippen LogP contribution in [0, 0.1) is 5.41 Å². The molecule has 1 aromatic heterocycles.